The van der Waals surface area contributed by atoms with Gasteiger partial charge in [-0.15, -0.1) is 0 Å². The Morgan fingerprint density at radius 2 is 2.12 bits per heavy atom. The number of carbonyl (C=O) groups is 2. The average Bonchev–Trinajstić information content (AvgIpc) is 3.45. The molecule has 1 atom stereocenters. The number of hydrogen-bond donors (Lipinski definition) is 3. The first-order chi connectivity index (χ1) is 11.6. The van der Waals surface area contributed by atoms with Gasteiger partial charge >= 0.3 is 0 Å². The lowest BCUT2D eigenvalue weighted by atomic mass is 10.2. The molecular weight excluding hydrogens is 306 g/mol. The van der Waals surface area contributed by atoms with Crippen LogP contribution >= 0.6 is 0 Å². The van der Waals surface area contributed by atoms with Crippen molar-refractivity contribution in [1.29, 1.82) is 0 Å². The minimum absolute atomic E-state index is 0.0139. The Morgan fingerprint density at radius 3 is 2.83 bits per heavy atom. The van der Waals surface area contributed by atoms with E-state index in [1.165, 1.54) is 0 Å². The first kappa shape index (κ1) is 15.1. The number of nitrogens with one attached hydrogen (secondary N) is 3. The van der Waals surface area contributed by atoms with Crippen LogP contribution in [-0.2, 0) is 4.79 Å². The number of aromatic amines is 1. The van der Waals surface area contributed by atoms with Crippen molar-refractivity contribution >= 4 is 23.0 Å². The summed E-state index contributed by atoms with van der Waals surface area (Å²) in [6, 6.07) is 0.103. The Hall–Kier alpha value is -2.44. The molecule has 2 aromatic heterocycles. The molecule has 7 nitrogen and oxygen atoms in total. The van der Waals surface area contributed by atoms with Crippen LogP contribution in [0.3, 0.4) is 0 Å². The second-order valence-corrected chi connectivity index (χ2v) is 6.89. The maximum Gasteiger partial charge on any atom is 0.255 e. The highest BCUT2D eigenvalue weighted by Gasteiger charge is 2.27. The molecule has 0 aromatic carbocycles. The number of H-pyrrole nitrogens is 1. The van der Waals surface area contributed by atoms with E-state index in [1.807, 2.05) is 6.92 Å². The predicted molar refractivity (Wildman–Crippen MR) is 88.6 cm³/mol. The standard InChI is InChI=1S/C17H21N5O2/c1-9(6-14(23)21-11-4-5-11)20-17(24)12-7-18-16-15(12)22-13(8-19-16)10-2-3-10/h7-11H,2-6H2,1H3,(H,18,19)(H,20,24)(H,21,23). The summed E-state index contributed by atoms with van der Waals surface area (Å²) < 4.78 is 0. The first-order valence-corrected chi connectivity index (χ1v) is 8.54. The molecule has 2 aromatic rings. The average molecular weight is 327 g/mol. The highest BCUT2D eigenvalue weighted by atomic mass is 16.2. The number of hydrogen-bond acceptors (Lipinski definition) is 4. The van der Waals surface area contributed by atoms with Gasteiger partial charge in [0.2, 0.25) is 5.91 Å². The summed E-state index contributed by atoms with van der Waals surface area (Å²) in [4.78, 5) is 36.3. The lowest BCUT2D eigenvalue weighted by Crippen LogP contribution is -2.37. The van der Waals surface area contributed by atoms with Crippen molar-refractivity contribution in [3.05, 3.63) is 23.7 Å². The fraction of sp³-hybridized carbons (Fsp3) is 0.529. The van der Waals surface area contributed by atoms with Gasteiger partial charge in [0.05, 0.1) is 17.5 Å². The lowest BCUT2D eigenvalue weighted by Gasteiger charge is -2.13. The summed E-state index contributed by atoms with van der Waals surface area (Å²) in [5, 5.41) is 5.81. The molecule has 4 rings (SSSR count). The van der Waals surface area contributed by atoms with Crippen LogP contribution in [0.15, 0.2) is 12.4 Å². The Balaban J connectivity index is 1.44. The van der Waals surface area contributed by atoms with Crippen molar-refractivity contribution in [3.63, 3.8) is 0 Å². The number of fused-ring (bicyclic) bond motifs is 1. The van der Waals surface area contributed by atoms with Gasteiger partial charge in [-0.05, 0) is 32.6 Å². The molecule has 7 heteroatoms. The molecule has 2 heterocycles. The van der Waals surface area contributed by atoms with E-state index < -0.39 is 0 Å². The summed E-state index contributed by atoms with van der Waals surface area (Å²) in [6.45, 7) is 1.83. The van der Waals surface area contributed by atoms with Gasteiger partial charge in [0.25, 0.3) is 5.91 Å². The molecule has 2 aliphatic carbocycles. The molecule has 1 unspecified atom stereocenters. The minimum Gasteiger partial charge on any atom is -0.353 e. The van der Waals surface area contributed by atoms with E-state index in [9.17, 15) is 9.59 Å². The van der Waals surface area contributed by atoms with Crippen molar-refractivity contribution < 1.29 is 9.59 Å². The molecule has 0 spiro atoms. The third-order valence-corrected chi connectivity index (χ3v) is 4.45. The molecule has 0 aliphatic heterocycles. The van der Waals surface area contributed by atoms with Crippen molar-refractivity contribution in [1.82, 2.24) is 25.6 Å². The second kappa shape index (κ2) is 5.89. The van der Waals surface area contributed by atoms with Gasteiger partial charge in [0, 0.05) is 30.6 Å². The van der Waals surface area contributed by atoms with Crippen LogP contribution in [0.5, 0.6) is 0 Å². The van der Waals surface area contributed by atoms with E-state index in [4.69, 9.17) is 0 Å². The van der Waals surface area contributed by atoms with Crippen molar-refractivity contribution in [2.45, 2.75) is 57.0 Å². The van der Waals surface area contributed by atoms with Crippen LogP contribution < -0.4 is 10.6 Å². The monoisotopic (exact) mass is 327 g/mol. The largest absolute Gasteiger partial charge is 0.353 e. The number of carbonyl (C=O) groups excluding carboxylic acids is 2. The zero-order valence-electron chi connectivity index (χ0n) is 13.6. The Kier molecular flexibility index (Phi) is 3.70. The molecule has 24 heavy (non-hydrogen) atoms. The zero-order valence-corrected chi connectivity index (χ0v) is 13.6. The second-order valence-electron chi connectivity index (χ2n) is 6.89. The number of rotatable bonds is 6. The Labute approximate surface area is 139 Å². The summed E-state index contributed by atoms with van der Waals surface area (Å²) in [5.41, 5.74) is 2.65. The maximum absolute atomic E-state index is 12.5. The molecule has 2 aliphatic rings. The van der Waals surface area contributed by atoms with E-state index in [1.54, 1.807) is 12.4 Å². The van der Waals surface area contributed by atoms with Crippen molar-refractivity contribution in [2.24, 2.45) is 0 Å². The van der Waals surface area contributed by atoms with Gasteiger partial charge in [0.15, 0.2) is 5.65 Å². The number of nitrogens with zero attached hydrogens (tertiary/aromatic N) is 2. The van der Waals surface area contributed by atoms with E-state index in [2.05, 4.69) is 25.6 Å². The number of amides is 2. The topological polar surface area (TPSA) is 99.8 Å². The normalized spacial score (nSPS) is 18.4. The maximum atomic E-state index is 12.5. The highest BCUT2D eigenvalue weighted by molar-refractivity contribution is 6.04. The first-order valence-electron chi connectivity index (χ1n) is 8.54. The van der Waals surface area contributed by atoms with Crippen LogP contribution in [0.2, 0.25) is 0 Å². The van der Waals surface area contributed by atoms with E-state index in [-0.39, 0.29) is 24.3 Å². The van der Waals surface area contributed by atoms with Gasteiger partial charge in [-0.2, -0.15) is 0 Å². The predicted octanol–water partition coefficient (Wildman–Crippen LogP) is 1.62. The summed E-state index contributed by atoms with van der Waals surface area (Å²) in [6.07, 6.45) is 8.09. The van der Waals surface area contributed by atoms with Crippen molar-refractivity contribution in [3.8, 4) is 0 Å². The van der Waals surface area contributed by atoms with E-state index >= 15 is 0 Å². The zero-order chi connectivity index (χ0) is 16.7. The van der Waals surface area contributed by atoms with Gasteiger partial charge in [-0.25, -0.2) is 9.97 Å². The fourth-order valence-electron chi connectivity index (χ4n) is 2.80. The highest BCUT2D eigenvalue weighted by Crippen LogP contribution is 2.39. The van der Waals surface area contributed by atoms with E-state index in [0.717, 1.165) is 31.4 Å². The molecule has 0 saturated heterocycles. The summed E-state index contributed by atoms with van der Waals surface area (Å²) >= 11 is 0. The van der Waals surface area contributed by atoms with Crippen LogP contribution in [-0.4, -0.2) is 38.8 Å². The van der Waals surface area contributed by atoms with Gasteiger partial charge in [-0.1, -0.05) is 0 Å². The molecule has 126 valence electrons. The Morgan fingerprint density at radius 1 is 1.33 bits per heavy atom. The van der Waals surface area contributed by atoms with E-state index in [0.29, 0.717) is 28.7 Å². The molecule has 0 bridgehead atoms. The van der Waals surface area contributed by atoms with Gasteiger partial charge in [0.1, 0.15) is 5.52 Å². The minimum atomic E-state index is -0.235. The quantitative estimate of drug-likeness (QED) is 0.750. The third kappa shape index (κ3) is 3.25. The van der Waals surface area contributed by atoms with Crippen molar-refractivity contribution in [2.75, 3.05) is 0 Å². The molecular formula is C17H21N5O2. The fourth-order valence-corrected chi connectivity index (χ4v) is 2.80. The van der Waals surface area contributed by atoms with Crippen LogP contribution in [0.1, 0.15) is 61.0 Å². The van der Waals surface area contributed by atoms with Gasteiger partial charge in [-0.3, -0.25) is 9.59 Å². The van der Waals surface area contributed by atoms with Crippen LogP contribution in [0.25, 0.3) is 11.2 Å². The molecule has 2 saturated carbocycles. The lowest BCUT2D eigenvalue weighted by molar-refractivity contribution is -0.121. The van der Waals surface area contributed by atoms with Crippen LogP contribution in [0, 0.1) is 0 Å². The number of aromatic nitrogens is 3. The molecule has 2 amide bonds. The molecule has 2 fully saturated rings. The summed E-state index contributed by atoms with van der Waals surface area (Å²) in [7, 11) is 0. The molecule has 3 N–H and O–H groups in total. The van der Waals surface area contributed by atoms with Gasteiger partial charge < -0.3 is 15.6 Å². The summed E-state index contributed by atoms with van der Waals surface area (Å²) in [5.74, 6) is 0.244. The molecule has 0 radical (unpaired) electrons. The smallest absolute Gasteiger partial charge is 0.255 e. The third-order valence-electron chi connectivity index (χ3n) is 4.45. The van der Waals surface area contributed by atoms with Crippen LogP contribution in [0.4, 0.5) is 0 Å². The SMILES string of the molecule is CC(CC(=O)NC1CC1)NC(=O)c1c[nH]c2ncc(C3CC3)nc12. The Bertz CT molecular complexity index is 791.